The quantitative estimate of drug-likeness (QED) is 0.521. The predicted molar refractivity (Wildman–Crippen MR) is 84.1 cm³/mol. The molecule has 19 heavy (non-hydrogen) atoms. The monoisotopic (exact) mass is 268 g/mol. The van der Waals surface area contributed by atoms with Gasteiger partial charge in [0.15, 0.2) is 0 Å². The van der Waals surface area contributed by atoms with Crippen molar-refractivity contribution in [1.29, 1.82) is 0 Å². The minimum Gasteiger partial charge on any atom is -0.473 e. The van der Waals surface area contributed by atoms with E-state index < -0.39 is 0 Å². The first-order valence-electron chi connectivity index (χ1n) is 7.16. The number of ether oxygens (including phenoxy) is 1. The van der Waals surface area contributed by atoms with E-state index in [1.165, 1.54) is 0 Å². The third-order valence-corrected chi connectivity index (χ3v) is 2.28. The second kappa shape index (κ2) is 9.16. The van der Waals surface area contributed by atoms with Crippen molar-refractivity contribution in [3.8, 4) is 0 Å². The van der Waals surface area contributed by atoms with Gasteiger partial charge < -0.3 is 15.4 Å². The summed E-state index contributed by atoms with van der Waals surface area (Å²) in [4.78, 5) is 0. The topological polar surface area (TPSA) is 33.3 Å². The van der Waals surface area contributed by atoms with E-state index in [-0.39, 0.29) is 11.1 Å². The molecule has 0 saturated heterocycles. The van der Waals surface area contributed by atoms with Crippen LogP contribution < -0.4 is 10.6 Å². The van der Waals surface area contributed by atoms with Gasteiger partial charge in [-0.15, -0.1) is 0 Å². The Morgan fingerprint density at radius 1 is 0.737 bits per heavy atom. The molecule has 0 aromatic heterocycles. The highest BCUT2D eigenvalue weighted by molar-refractivity contribution is 4.82. The molecule has 0 radical (unpaired) electrons. The maximum Gasteiger partial charge on any atom is 0.0861 e. The molecule has 2 N–H and O–H groups in total. The molecule has 3 nitrogen and oxygen atoms in total. The molecule has 0 saturated carbocycles. The molecule has 0 rings (SSSR count). The Bertz CT molecular complexity index is 241. The van der Waals surface area contributed by atoms with E-state index >= 15 is 0 Å². The summed E-state index contributed by atoms with van der Waals surface area (Å²) in [6.45, 7) is 15.0. The van der Waals surface area contributed by atoms with E-state index in [1.54, 1.807) is 12.5 Å². The number of rotatable bonds is 8. The normalized spacial score (nSPS) is 13.6. The standard InChI is InChI=1S/C16H32N2O/c1-15(2,3)17-11-7-9-13-19-14-10-8-12-18-16(4,5)6/h9-10,13-14,17-18H,7-8,11-12H2,1-6H3. The zero-order valence-electron chi connectivity index (χ0n) is 13.5. The van der Waals surface area contributed by atoms with Crippen molar-refractivity contribution < 1.29 is 4.74 Å². The first kappa shape index (κ1) is 18.2. The average molecular weight is 268 g/mol. The van der Waals surface area contributed by atoms with Crippen LogP contribution in [0.3, 0.4) is 0 Å². The summed E-state index contributed by atoms with van der Waals surface area (Å²) in [6, 6.07) is 0. The third-order valence-electron chi connectivity index (χ3n) is 2.28. The summed E-state index contributed by atoms with van der Waals surface area (Å²) >= 11 is 0. The lowest BCUT2D eigenvalue weighted by Crippen LogP contribution is -2.36. The minimum atomic E-state index is 0.189. The van der Waals surface area contributed by atoms with Crippen LogP contribution in [-0.2, 0) is 4.74 Å². The maximum absolute atomic E-state index is 5.28. The Morgan fingerprint density at radius 3 is 1.42 bits per heavy atom. The van der Waals surface area contributed by atoms with Gasteiger partial charge in [-0.2, -0.15) is 0 Å². The largest absolute Gasteiger partial charge is 0.473 e. The lowest BCUT2D eigenvalue weighted by atomic mass is 10.1. The average Bonchev–Trinajstić information content (AvgIpc) is 2.22. The molecular weight excluding hydrogens is 236 g/mol. The van der Waals surface area contributed by atoms with E-state index in [0.29, 0.717) is 0 Å². The van der Waals surface area contributed by atoms with Crippen LogP contribution in [0.2, 0.25) is 0 Å². The summed E-state index contributed by atoms with van der Waals surface area (Å²) in [5.41, 5.74) is 0.378. The Morgan fingerprint density at radius 2 is 1.11 bits per heavy atom. The second-order valence-corrected chi connectivity index (χ2v) is 6.81. The van der Waals surface area contributed by atoms with Crippen LogP contribution in [0, 0.1) is 0 Å². The van der Waals surface area contributed by atoms with E-state index in [9.17, 15) is 0 Å². The molecule has 0 heterocycles. The van der Waals surface area contributed by atoms with Gasteiger partial charge in [0.1, 0.15) is 0 Å². The van der Waals surface area contributed by atoms with E-state index in [0.717, 1.165) is 25.9 Å². The lowest BCUT2D eigenvalue weighted by molar-refractivity contribution is 0.393. The predicted octanol–water partition coefficient (Wildman–Crippen LogP) is 3.59. The Labute approximate surface area is 119 Å². The molecule has 0 unspecified atom stereocenters. The Kier molecular flexibility index (Phi) is 8.77. The van der Waals surface area contributed by atoms with Crippen molar-refractivity contribution in [2.24, 2.45) is 0 Å². The highest BCUT2D eigenvalue weighted by Gasteiger charge is 2.06. The van der Waals surface area contributed by atoms with Crippen molar-refractivity contribution >= 4 is 0 Å². The van der Waals surface area contributed by atoms with Crippen LogP contribution in [-0.4, -0.2) is 24.2 Å². The minimum absolute atomic E-state index is 0.189. The van der Waals surface area contributed by atoms with Crippen LogP contribution in [0.4, 0.5) is 0 Å². The summed E-state index contributed by atoms with van der Waals surface area (Å²) in [5.74, 6) is 0. The molecule has 0 aliphatic heterocycles. The van der Waals surface area contributed by atoms with Crippen molar-refractivity contribution in [2.45, 2.75) is 65.5 Å². The van der Waals surface area contributed by atoms with E-state index in [2.05, 4.69) is 52.2 Å². The molecular formula is C16H32N2O. The van der Waals surface area contributed by atoms with Gasteiger partial charge in [0.2, 0.25) is 0 Å². The van der Waals surface area contributed by atoms with Crippen molar-refractivity contribution in [1.82, 2.24) is 10.6 Å². The molecule has 0 aliphatic carbocycles. The summed E-state index contributed by atoms with van der Waals surface area (Å²) < 4.78 is 5.28. The SMILES string of the molecule is CC(C)(C)NCCC=COC=CCCNC(C)(C)C. The van der Waals surface area contributed by atoms with Crippen LogP contribution >= 0.6 is 0 Å². The van der Waals surface area contributed by atoms with Crippen LogP contribution in [0.25, 0.3) is 0 Å². The highest BCUT2D eigenvalue weighted by atomic mass is 16.5. The number of nitrogens with one attached hydrogen (secondary N) is 2. The van der Waals surface area contributed by atoms with Gasteiger partial charge in [-0.1, -0.05) is 0 Å². The molecule has 0 aromatic rings. The van der Waals surface area contributed by atoms with Crippen LogP contribution in [0.1, 0.15) is 54.4 Å². The molecule has 0 fully saturated rings. The molecule has 112 valence electrons. The number of hydrogen-bond donors (Lipinski definition) is 2. The van der Waals surface area contributed by atoms with Crippen LogP contribution in [0.5, 0.6) is 0 Å². The molecule has 0 aliphatic rings. The Balaban J connectivity index is 3.43. The molecule has 0 spiro atoms. The molecule has 0 aromatic carbocycles. The second-order valence-electron chi connectivity index (χ2n) is 6.81. The first-order chi connectivity index (χ1) is 8.71. The fourth-order valence-corrected chi connectivity index (χ4v) is 1.35. The highest BCUT2D eigenvalue weighted by Crippen LogP contribution is 1.99. The molecule has 0 bridgehead atoms. The van der Waals surface area contributed by atoms with Gasteiger partial charge >= 0.3 is 0 Å². The first-order valence-corrected chi connectivity index (χ1v) is 7.16. The third kappa shape index (κ3) is 17.2. The maximum atomic E-state index is 5.28. The summed E-state index contributed by atoms with van der Waals surface area (Å²) in [6.07, 6.45) is 9.54. The summed E-state index contributed by atoms with van der Waals surface area (Å²) in [5, 5.41) is 6.84. The van der Waals surface area contributed by atoms with Gasteiger partial charge in [-0.25, -0.2) is 0 Å². The fraction of sp³-hybridized carbons (Fsp3) is 0.750. The van der Waals surface area contributed by atoms with Crippen LogP contribution in [0.15, 0.2) is 24.7 Å². The van der Waals surface area contributed by atoms with Gasteiger partial charge in [-0.3, -0.25) is 0 Å². The van der Waals surface area contributed by atoms with Gasteiger partial charge in [-0.05, 0) is 79.6 Å². The van der Waals surface area contributed by atoms with Crippen molar-refractivity contribution in [3.63, 3.8) is 0 Å². The molecule has 0 atom stereocenters. The van der Waals surface area contributed by atoms with Gasteiger partial charge in [0.05, 0.1) is 12.5 Å². The smallest absolute Gasteiger partial charge is 0.0861 e. The zero-order chi connectivity index (χ0) is 14.8. The van der Waals surface area contributed by atoms with Gasteiger partial charge in [0, 0.05) is 11.1 Å². The van der Waals surface area contributed by atoms with Crippen molar-refractivity contribution in [3.05, 3.63) is 24.7 Å². The summed E-state index contributed by atoms with van der Waals surface area (Å²) in [7, 11) is 0. The zero-order valence-corrected chi connectivity index (χ0v) is 13.5. The van der Waals surface area contributed by atoms with Gasteiger partial charge in [0.25, 0.3) is 0 Å². The lowest BCUT2D eigenvalue weighted by Gasteiger charge is -2.19. The van der Waals surface area contributed by atoms with E-state index in [1.807, 2.05) is 12.2 Å². The Hall–Kier alpha value is -0.800. The van der Waals surface area contributed by atoms with E-state index in [4.69, 9.17) is 4.74 Å². The molecule has 3 heteroatoms. The van der Waals surface area contributed by atoms with Crippen molar-refractivity contribution in [2.75, 3.05) is 13.1 Å². The molecule has 0 amide bonds. The fourth-order valence-electron chi connectivity index (χ4n) is 1.35. The number of hydrogen-bond acceptors (Lipinski definition) is 3.